The topological polar surface area (TPSA) is 0 Å². The third-order valence-corrected chi connectivity index (χ3v) is 4.91. The van der Waals surface area contributed by atoms with Gasteiger partial charge in [-0.3, -0.25) is 0 Å². The molecule has 0 aliphatic heterocycles. The van der Waals surface area contributed by atoms with Gasteiger partial charge in [-0.05, 0) is 55.3 Å². The highest BCUT2D eigenvalue weighted by molar-refractivity contribution is 5.02. The summed E-state index contributed by atoms with van der Waals surface area (Å²) < 4.78 is 0. The van der Waals surface area contributed by atoms with Gasteiger partial charge >= 0.3 is 0 Å². The average Bonchev–Trinajstić information content (AvgIpc) is 2.81. The summed E-state index contributed by atoms with van der Waals surface area (Å²) in [6, 6.07) is 0. The van der Waals surface area contributed by atoms with Gasteiger partial charge in [-0.2, -0.15) is 0 Å². The van der Waals surface area contributed by atoms with Crippen LogP contribution in [0.5, 0.6) is 0 Å². The molecule has 4 atom stereocenters. The molecule has 0 nitrogen and oxygen atoms in total. The zero-order valence-corrected chi connectivity index (χ0v) is 9.42. The van der Waals surface area contributed by atoms with E-state index in [1.165, 1.54) is 11.8 Å². The van der Waals surface area contributed by atoms with Gasteiger partial charge in [0.2, 0.25) is 0 Å². The Morgan fingerprint density at radius 1 is 0.692 bits per heavy atom. The summed E-state index contributed by atoms with van der Waals surface area (Å²) in [4.78, 5) is 0. The maximum atomic E-state index is 2.51. The van der Waals surface area contributed by atoms with E-state index < -0.39 is 0 Å². The van der Waals surface area contributed by atoms with Gasteiger partial charge in [-0.1, -0.05) is 27.2 Å². The Balaban J connectivity index is 0.000000308. The molecule has 3 saturated carbocycles. The molecule has 0 saturated heterocycles. The van der Waals surface area contributed by atoms with Crippen LogP contribution >= 0.6 is 0 Å². The first-order valence-corrected chi connectivity index (χ1v) is 6.38. The molecule has 4 unspecified atom stereocenters. The normalized spacial score (nSPS) is 51.5. The summed E-state index contributed by atoms with van der Waals surface area (Å²) in [6.07, 6.45) is 7.86. The summed E-state index contributed by atoms with van der Waals surface area (Å²) in [5.41, 5.74) is 0. The van der Waals surface area contributed by atoms with Crippen molar-refractivity contribution in [1.82, 2.24) is 0 Å². The van der Waals surface area contributed by atoms with Crippen LogP contribution < -0.4 is 0 Å². The van der Waals surface area contributed by atoms with E-state index in [2.05, 4.69) is 6.92 Å². The molecule has 13 heavy (non-hydrogen) atoms. The largest absolute Gasteiger partial charge is 0.0683 e. The van der Waals surface area contributed by atoms with Gasteiger partial charge < -0.3 is 0 Å². The van der Waals surface area contributed by atoms with Crippen molar-refractivity contribution in [2.45, 2.75) is 52.9 Å². The monoisotopic (exact) mass is 180 g/mol. The van der Waals surface area contributed by atoms with E-state index in [4.69, 9.17) is 0 Å². The van der Waals surface area contributed by atoms with Crippen molar-refractivity contribution in [3.8, 4) is 0 Å². The predicted octanol–water partition coefficient (Wildman–Crippen LogP) is 4.10. The van der Waals surface area contributed by atoms with Crippen molar-refractivity contribution >= 4 is 0 Å². The second-order valence-corrected chi connectivity index (χ2v) is 5.02. The van der Waals surface area contributed by atoms with Gasteiger partial charge in [-0.25, -0.2) is 0 Å². The van der Waals surface area contributed by atoms with Crippen LogP contribution in [-0.2, 0) is 0 Å². The van der Waals surface area contributed by atoms with E-state index in [1.807, 2.05) is 13.8 Å². The summed E-state index contributed by atoms with van der Waals surface area (Å²) in [5, 5.41) is 0. The van der Waals surface area contributed by atoms with Crippen LogP contribution in [-0.4, -0.2) is 0 Å². The Bertz CT molecular complexity index is 145. The molecule has 0 aromatic rings. The molecule has 0 heterocycles. The van der Waals surface area contributed by atoms with E-state index in [0.717, 1.165) is 17.8 Å². The number of hydrogen-bond acceptors (Lipinski definition) is 0. The molecule has 3 fully saturated rings. The molecule has 0 radical (unpaired) electrons. The molecule has 0 amide bonds. The van der Waals surface area contributed by atoms with Crippen LogP contribution in [0, 0.1) is 29.6 Å². The lowest BCUT2D eigenvalue weighted by atomic mass is 9.82. The number of hydrogen-bond donors (Lipinski definition) is 0. The fraction of sp³-hybridized carbons (Fsp3) is 1.00. The molecule has 2 bridgehead atoms. The van der Waals surface area contributed by atoms with Crippen LogP contribution in [0.4, 0.5) is 0 Å². The van der Waals surface area contributed by atoms with Crippen molar-refractivity contribution in [2.75, 3.05) is 0 Å². The van der Waals surface area contributed by atoms with Crippen LogP contribution in [0.25, 0.3) is 0 Å². The molecule has 0 aromatic carbocycles. The van der Waals surface area contributed by atoms with Crippen LogP contribution in [0.3, 0.4) is 0 Å². The van der Waals surface area contributed by atoms with Gasteiger partial charge in [0.1, 0.15) is 0 Å². The molecule has 0 spiro atoms. The summed E-state index contributed by atoms with van der Waals surface area (Å²) in [7, 11) is 0. The lowest BCUT2D eigenvalue weighted by Gasteiger charge is -2.23. The first-order chi connectivity index (χ1) is 6.38. The molecule has 76 valence electrons. The molecule has 0 N–H and O–H groups in total. The number of fused-ring (bicyclic) bond motifs is 5. The van der Waals surface area contributed by atoms with Gasteiger partial charge in [0.15, 0.2) is 0 Å². The highest BCUT2D eigenvalue weighted by Crippen LogP contribution is 2.61. The first kappa shape index (κ1) is 9.55. The van der Waals surface area contributed by atoms with Crippen molar-refractivity contribution in [3.63, 3.8) is 0 Å². The fourth-order valence-corrected chi connectivity index (χ4v) is 4.52. The Hall–Kier alpha value is 0. The molecule has 0 heteroatoms. The van der Waals surface area contributed by atoms with Gasteiger partial charge in [0, 0.05) is 0 Å². The van der Waals surface area contributed by atoms with Crippen molar-refractivity contribution in [1.29, 1.82) is 0 Å². The van der Waals surface area contributed by atoms with E-state index in [-0.39, 0.29) is 0 Å². The summed E-state index contributed by atoms with van der Waals surface area (Å²) in [5.74, 6) is 5.79. The van der Waals surface area contributed by atoms with Gasteiger partial charge in [0.25, 0.3) is 0 Å². The van der Waals surface area contributed by atoms with Crippen LogP contribution in [0.15, 0.2) is 0 Å². The highest BCUT2D eigenvalue weighted by atomic mass is 14.6. The van der Waals surface area contributed by atoms with E-state index >= 15 is 0 Å². The molecule has 3 aliphatic rings. The molecular formula is C13H24. The predicted molar refractivity (Wildman–Crippen MR) is 57.6 cm³/mol. The molecular weight excluding hydrogens is 156 g/mol. The second-order valence-electron chi connectivity index (χ2n) is 5.02. The summed E-state index contributed by atoms with van der Waals surface area (Å²) >= 11 is 0. The Labute approximate surface area is 83.1 Å². The van der Waals surface area contributed by atoms with E-state index in [0.29, 0.717) is 0 Å². The van der Waals surface area contributed by atoms with Crippen molar-refractivity contribution < 1.29 is 0 Å². The molecule has 0 aromatic heterocycles. The lowest BCUT2D eigenvalue weighted by Crippen LogP contribution is -2.15. The Morgan fingerprint density at radius 3 is 1.62 bits per heavy atom. The molecule has 3 rings (SSSR count). The smallest absolute Gasteiger partial charge is 0.0352 e. The number of rotatable bonds is 0. The maximum absolute atomic E-state index is 2.51. The van der Waals surface area contributed by atoms with Gasteiger partial charge in [0.05, 0.1) is 0 Å². The first-order valence-electron chi connectivity index (χ1n) is 6.38. The van der Waals surface area contributed by atoms with Crippen LogP contribution in [0.2, 0.25) is 0 Å². The third-order valence-electron chi connectivity index (χ3n) is 4.91. The molecule has 3 aliphatic carbocycles. The third kappa shape index (κ3) is 1.25. The minimum absolute atomic E-state index is 1.10. The fourth-order valence-electron chi connectivity index (χ4n) is 4.52. The highest BCUT2D eigenvalue weighted by Gasteiger charge is 2.53. The van der Waals surface area contributed by atoms with E-state index in [9.17, 15) is 0 Å². The van der Waals surface area contributed by atoms with Crippen molar-refractivity contribution in [3.05, 3.63) is 0 Å². The SMILES string of the molecule is CC.CC1C2CCC1C1CCCC21. The maximum Gasteiger partial charge on any atom is -0.0352 e. The second kappa shape index (κ2) is 3.63. The average molecular weight is 180 g/mol. The van der Waals surface area contributed by atoms with Crippen LogP contribution in [0.1, 0.15) is 52.9 Å². The Morgan fingerprint density at radius 2 is 1.15 bits per heavy atom. The van der Waals surface area contributed by atoms with Crippen molar-refractivity contribution in [2.24, 2.45) is 29.6 Å². The quantitative estimate of drug-likeness (QED) is 0.526. The van der Waals surface area contributed by atoms with E-state index in [1.54, 1.807) is 32.1 Å². The lowest BCUT2D eigenvalue weighted by molar-refractivity contribution is 0.259. The minimum atomic E-state index is 1.10. The van der Waals surface area contributed by atoms with Gasteiger partial charge in [-0.15, -0.1) is 0 Å². The Kier molecular flexibility index (Phi) is 2.67. The zero-order valence-electron chi connectivity index (χ0n) is 9.42. The zero-order chi connectivity index (χ0) is 9.42. The standard InChI is InChI=1S/C11H18.C2H6/c1-7-8-5-6-9(7)11-4-2-3-10(8)11;1-2/h7-11H,2-6H2,1H3;1-2H3. The minimum Gasteiger partial charge on any atom is -0.0683 e. The summed E-state index contributed by atoms with van der Waals surface area (Å²) in [6.45, 7) is 6.51.